The molecule has 9 heteroatoms. The van der Waals surface area contributed by atoms with Crippen molar-refractivity contribution >= 4 is 21.9 Å². The van der Waals surface area contributed by atoms with Gasteiger partial charge in [-0.1, -0.05) is 18.2 Å². The van der Waals surface area contributed by atoms with Crippen LogP contribution in [-0.4, -0.2) is 75.5 Å². The van der Waals surface area contributed by atoms with Gasteiger partial charge in [-0.05, 0) is 25.0 Å². The first-order valence-electron chi connectivity index (χ1n) is 9.06. The number of piperazine rings is 1. The molecule has 1 aromatic carbocycles. The molecular weight excluding hydrogens is 372 g/mol. The Morgan fingerprint density at radius 1 is 1.04 bits per heavy atom. The quantitative estimate of drug-likeness (QED) is 0.673. The van der Waals surface area contributed by atoms with E-state index in [-0.39, 0.29) is 55.5 Å². The van der Waals surface area contributed by atoms with Gasteiger partial charge in [0.1, 0.15) is 0 Å². The standard InChI is InChI=1S/C18H24N2O6S/c21-17(14-26-18(22)15-6-12-25-13-7-15)19-8-10-20(11-9-19)27(23,24)16-4-2-1-3-5-16/h1-5,15H,6-14H2. The van der Waals surface area contributed by atoms with Crippen molar-refractivity contribution in [3.05, 3.63) is 30.3 Å². The molecule has 0 radical (unpaired) electrons. The van der Waals surface area contributed by atoms with E-state index in [1.807, 2.05) is 0 Å². The van der Waals surface area contributed by atoms with Crippen molar-refractivity contribution in [3.8, 4) is 0 Å². The van der Waals surface area contributed by atoms with Gasteiger partial charge in [0.15, 0.2) is 6.61 Å². The van der Waals surface area contributed by atoms with Gasteiger partial charge in [-0.25, -0.2) is 8.42 Å². The third kappa shape index (κ3) is 4.85. The molecule has 0 N–H and O–H groups in total. The molecule has 148 valence electrons. The summed E-state index contributed by atoms with van der Waals surface area (Å²) in [6.45, 7) is 1.76. The van der Waals surface area contributed by atoms with Gasteiger partial charge in [0, 0.05) is 39.4 Å². The first kappa shape index (κ1) is 19.8. The van der Waals surface area contributed by atoms with Crippen molar-refractivity contribution in [2.24, 2.45) is 5.92 Å². The van der Waals surface area contributed by atoms with Crippen molar-refractivity contribution in [1.82, 2.24) is 9.21 Å². The highest BCUT2D eigenvalue weighted by Crippen LogP contribution is 2.18. The Morgan fingerprint density at radius 2 is 1.67 bits per heavy atom. The van der Waals surface area contributed by atoms with Gasteiger partial charge in [0.2, 0.25) is 10.0 Å². The van der Waals surface area contributed by atoms with Crippen LogP contribution < -0.4 is 0 Å². The van der Waals surface area contributed by atoms with Crippen LogP contribution in [-0.2, 0) is 29.1 Å². The van der Waals surface area contributed by atoms with E-state index in [9.17, 15) is 18.0 Å². The molecular formula is C18H24N2O6S. The summed E-state index contributed by atoms with van der Waals surface area (Å²) in [6, 6.07) is 8.24. The number of hydrogen-bond donors (Lipinski definition) is 0. The lowest BCUT2D eigenvalue weighted by atomic mass is 10.0. The van der Waals surface area contributed by atoms with Gasteiger partial charge < -0.3 is 14.4 Å². The molecule has 2 fully saturated rings. The Labute approximate surface area is 159 Å². The summed E-state index contributed by atoms with van der Waals surface area (Å²) in [5, 5.41) is 0. The maximum Gasteiger partial charge on any atom is 0.309 e. The lowest BCUT2D eigenvalue weighted by molar-refractivity contribution is -0.158. The molecule has 0 saturated carbocycles. The van der Waals surface area contributed by atoms with Crippen LogP contribution in [0, 0.1) is 5.92 Å². The van der Waals surface area contributed by atoms with Gasteiger partial charge in [-0.15, -0.1) is 0 Å². The smallest absolute Gasteiger partial charge is 0.309 e. The molecule has 2 saturated heterocycles. The van der Waals surface area contributed by atoms with Crippen LogP contribution in [0.2, 0.25) is 0 Å². The Hall–Kier alpha value is -1.97. The van der Waals surface area contributed by atoms with E-state index >= 15 is 0 Å². The molecule has 2 aliphatic rings. The van der Waals surface area contributed by atoms with Crippen LogP contribution in [0.15, 0.2) is 35.2 Å². The third-order valence-electron chi connectivity index (χ3n) is 4.86. The van der Waals surface area contributed by atoms with E-state index in [0.717, 1.165) is 0 Å². The predicted octanol–water partition coefficient (Wildman–Crippen LogP) is 0.489. The second kappa shape index (κ2) is 8.81. The molecule has 0 atom stereocenters. The SMILES string of the molecule is O=C(OCC(=O)N1CCN(S(=O)(=O)c2ccccc2)CC1)C1CCOCC1. The van der Waals surface area contributed by atoms with Crippen LogP contribution >= 0.6 is 0 Å². The van der Waals surface area contributed by atoms with E-state index in [0.29, 0.717) is 26.1 Å². The fourth-order valence-corrected chi connectivity index (χ4v) is 4.64. The van der Waals surface area contributed by atoms with E-state index in [1.54, 1.807) is 30.3 Å². The van der Waals surface area contributed by atoms with Crippen molar-refractivity contribution in [1.29, 1.82) is 0 Å². The number of esters is 1. The summed E-state index contributed by atoms with van der Waals surface area (Å²) in [5.41, 5.74) is 0. The Kier molecular flexibility index (Phi) is 6.46. The number of ether oxygens (including phenoxy) is 2. The highest BCUT2D eigenvalue weighted by molar-refractivity contribution is 7.89. The topological polar surface area (TPSA) is 93.2 Å². The fourth-order valence-electron chi connectivity index (χ4n) is 3.19. The maximum atomic E-state index is 12.6. The van der Waals surface area contributed by atoms with E-state index in [2.05, 4.69) is 0 Å². The lowest BCUT2D eigenvalue weighted by Gasteiger charge is -2.34. The molecule has 0 spiro atoms. The maximum absolute atomic E-state index is 12.6. The monoisotopic (exact) mass is 396 g/mol. The summed E-state index contributed by atoms with van der Waals surface area (Å²) in [7, 11) is -3.55. The van der Waals surface area contributed by atoms with Crippen molar-refractivity contribution in [2.45, 2.75) is 17.7 Å². The van der Waals surface area contributed by atoms with Gasteiger partial charge in [0.25, 0.3) is 5.91 Å². The Bertz CT molecular complexity index is 753. The average Bonchev–Trinajstić information content (AvgIpc) is 2.73. The van der Waals surface area contributed by atoms with Gasteiger partial charge in [0.05, 0.1) is 10.8 Å². The largest absolute Gasteiger partial charge is 0.455 e. The minimum Gasteiger partial charge on any atom is -0.455 e. The van der Waals surface area contributed by atoms with E-state index in [1.165, 1.54) is 9.21 Å². The van der Waals surface area contributed by atoms with Crippen LogP contribution in [0.3, 0.4) is 0 Å². The normalized spacial score (nSPS) is 19.6. The summed E-state index contributed by atoms with van der Waals surface area (Å²) >= 11 is 0. The molecule has 0 bridgehead atoms. The zero-order valence-corrected chi connectivity index (χ0v) is 15.9. The number of benzene rings is 1. The molecule has 3 rings (SSSR count). The molecule has 0 unspecified atom stereocenters. The highest BCUT2D eigenvalue weighted by atomic mass is 32.2. The van der Waals surface area contributed by atoms with Crippen molar-refractivity contribution in [3.63, 3.8) is 0 Å². The molecule has 1 aromatic rings. The predicted molar refractivity (Wildman–Crippen MR) is 96.3 cm³/mol. The molecule has 0 aliphatic carbocycles. The highest BCUT2D eigenvalue weighted by Gasteiger charge is 2.30. The molecule has 1 amide bonds. The van der Waals surface area contributed by atoms with Crippen LogP contribution in [0.4, 0.5) is 0 Å². The zero-order chi connectivity index (χ0) is 19.3. The number of amides is 1. The first-order valence-corrected chi connectivity index (χ1v) is 10.5. The van der Waals surface area contributed by atoms with Crippen LogP contribution in [0.1, 0.15) is 12.8 Å². The number of nitrogens with zero attached hydrogens (tertiary/aromatic N) is 2. The molecule has 2 heterocycles. The minimum atomic E-state index is -3.55. The second-order valence-electron chi connectivity index (χ2n) is 6.59. The average molecular weight is 396 g/mol. The number of rotatable bonds is 5. The molecule has 8 nitrogen and oxygen atoms in total. The summed E-state index contributed by atoms with van der Waals surface area (Å²) in [4.78, 5) is 26.0. The van der Waals surface area contributed by atoms with E-state index in [4.69, 9.17) is 9.47 Å². The molecule has 27 heavy (non-hydrogen) atoms. The number of sulfonamides is 1. The van der Waals surface area contributed by atoms with E-state index < -0.39 is 10.0 Å². The first-order chi connectivity index (χ1) is 13.0. The number of carbonyl (C=O) groups excluding carboxylic acids is 2. The van der Waals surface area contributed by atoms with Crippen LogP contribution in [0.5, 0.6) is 0 Å². The van der Waals surface area contributed by atoms with Gasteiger partial charge in [-0.3, -0.25) is 9.59 Å². The third-order valence-corrected chi connectivity index (χ3v) is 6.78. The van der Waals surface area contributed by atoms with Gasteiger partial charge >= 0.3 is 5.97 Å². The Morgan fingerprint density at radius 3 is 2.30 bits per heavy atom. The summed E-state index contributed by atoms with van der Waals surface area (Å²) in [5.74, 6) is -0.872. The number of hydrogen-bond acceptors (Lipinski definition) is 6. The number of carbonyl (C=O) groups is 2. The Balaban J connectivity index is 1.47. The van der Waals surface area contributed by atoms with Crippen molar-refractivity contribution in [2.75, 3.05) is 46.0 Å². The summed E-state index contributed by atoms with van der Waals surface area (Å²) < 4.78 is 36.9. The fraction of sp³-hybridized carbons (Fsp3) is 0.556. The van der Waals surface area contributed by atoms with Gasteiger partial charge in [-0.2, -0.15) is 4.31 Å². The zero-order valence-electron chi connectivity index (χ0n) is 15.1. The van der Waals surface area contributed by atoms with Crippen molar-refractivity contribution < 1.29 is 27.5 Å². The lowest BCUT2D eigenvalue weighted by Crippen LogP contribution is -2.51. The molecule has 2 aliphatic heterocycles. The second-order valence-corrected chi connectivity index (χ2v) is 8.53. The summed E-state index contributed by atoms with van der Waals surface area (Å²) in [6.07, 6.45) is 1.23. The minimum absolute atomic E-state index is 0.209. The molecule has 0 aromatic heterocycles. The van der Waals surface area contributed by atoms with Crippen LogP contribution in [0.25, 0.3) is 0 Å².